The van der Waals surface area contributed by atoms with Gasteiger partial charge in [-0.25, -0.2) is 0 Å². The van der Waals surface area contributed by atoms with Crippen LogP contribution in [-0.4, -0.2) is 75.5 Å². The Hall–Kier alpha value is -3.18. The molecule has 0 heterocycles. The molecule has 7 aliphatic rings. The van der Waals surface area contributed by atoms with Crippen molar-refractivity contribution < 1.29 is 57.2 Å². The summed E-state index contributed by atoms with van der Waals surface area (Å²) in [5, 5.41) is 0. The number of carbonyl (C=O) groups excluding carboxylic acids is 6. The first kappa shape index (κ1) is 48.5. The molecule has 6 atom stereocenters. The largest absolute Gasteiger partial charge is 0.462 e. The molecule has 336 valence electrons. The SMILES string of the molecule is CCC(C)C(=O)OCCOC(=O)C12CC3CC(CC(C3)C1)C2.CCC(C)C(=O)OCCOC(=O)C1CC2CCC1C2.CCC(C)C(=O)OCCOC(=O)C1CCCCC1. The van der Waals surface area contributed by atoms with Gasteiger partial charge in [0.25, 0.3) is 0 Å². The number of hydrogen-bond donors (Lipinski definition) is 0. The molecule has 0 amide bonds. The Morgan fingerprint density at radius 3 is 1.31 bits per heavy atom. The highest BCUT2D eigenvalue weighted by atomic mass is 16.6. The first-order valence-electron chi connectivity index (χ1n) is 23.3. The number of fused-ring (bicyclic) bond motifs is 2. The fourth-order valence-corrected chi connectivity index (χ4v) is 10.4. The molecule has 7 saturated carbocycles. The first-order chi connectivity index (χ1) is 28.3. The van der Waals surface area contributed by atoms with Crippen LogP contribution in [0.25, 0.3) is 0 Å². The third-order valence-electron chi connectivity index (χ3n) is 14.2. The third kappa shape index (κ3) is 14.8. The molecule has 7 aliphatic carbocycles. The lowest BCUT2D eigenvalue weighted by Gasteiger charge is -2.55. The second kappa shape index (κ2) is 24.3. The van der Waals surface area contributed by atoms with Gasteiger partial charge in [0.2, 0.25) is 0 Å². The van der Waals surface area contributed by atoms with E-state index in [2.05, 4.69) is 0 Å². The smallest absolute Gasteiger partial charge is 0.312 e. The lowest BCUT2D eigenvalue weighted by Crippen LogP contribution is -2.50. The Morgan fingerprint density at radius 2 is 0.898 bits per heavy atom. The molecule has 0 N–H and O–H groups in total. The van der Waals surface area contributed by atoms with Crippen molar-refractivity contribution in [2.24, 2.45) is 64.6 Å². The monoisotopic (exact) mass is 833 g/mol. The fourth-order valence-electron chi connectivity index (χ4n) is 10.4. The maximum atomic E-state index is 12.6. The Morgan fingerprint density at radius 1 is 0.475 bits per heavy atom. The molecule has 0 radical (unpaired) electrons. The molecule has 7 rings (SSSR count). The normalized spacial score (nSPS) is 29.0. The molecule has 0 aromatic carbocycles. The van der Waals surface area contributed by atoms with Crippen molar-refractivity contribution in [1.29, 1.82) is 0 Å². The standard InChI is InChI=1S/C18H28O4.C15H24O4.C14H24O4/c1-3-12(2)16(19)21-4-5-22-17(20)18-9-13-6-14(10-18)8-15(7-13)11-18;1-3-10(2)14(16)18-6-7-19-15(17)13-9-11-4-5-12(13)8-11;1-3-11(2)13(15)17-9-10-18-14(16)12-7-5-4-6-8-12/h12-15H,3-11H2,1-2H3;10-13H,3-9H2,1-2H3;11-12H,3-10H2,1-2H3. The molecule has 0 aromatic rings. The third-order valence-corrected chi connectivity index (χ3v) is 14.2. The average Bonchev–Trinajstić information content (AvgIpc) is 3.89. The van der Waals surface area contributed by atoms with E-state index < -0.39 is 0 Å². The van der Waals surface area contributed by atoms with Crippen molar-refractivity contribution in [3.8, 4) is 0 Å². The fraction of sp³-hybridized carbons (Fsp3) is 0.872. The van der Waals surface area contributed by atoms with E-state index >= 15 is 0 Å². The van der Waals surface area contributed by atoms with E-state index in [-0.39, 0.29) is 110 Å². The number of rotatable bonds is 18. The molecule has 12 nitrogen and oxygen atoms in total. The highest BCUT2D eigenvalue weighted by molar-refractivity contribution is 5.78. The average molecular weight is 833 g/mol. The molecule has 6 unspecified atom stereocenters. The predicted molar refractivity (Wildman–Crippen MR) is 220 cm³/mol. The summed E-state index contributed by atoms with van der Waals surface area (Å²) in [6.45, 7) is 12.5. The van der Waals surface area contributed by atoms with Crippen LogP contribution in [0.2, 0.25) is 0 Å². The van der Waals surface area contributed by atoms with Crippen molar-refractivity contribution in [2.75, 3.05) is 39.6 Å². The Balaban J connectivity index is 0.000000197. The van der Waals surface area contributed by atoms with Crippen LogP contribution in [0.1, 0.15) is 157 Å². The Bertz CT molecular complexity index is 1330. The second-order valence-electron chi connectivity index (χ2n) is 18.7. The Kier molecular flexibility index (Phi) is 20.0. The molecular formula is C47H76O12. The minimum atomic E-state index is -0.216. The van der Waals surface area contributed by atoms with E-state index in [0.29, 0.717) is 5.92 Å². The van der Waals surface area contributed by atoms with E-state index in [1.54, 1.807) is 0 Å². The highest BCUT2D eigenvalue weighted by Crippen LogP contribution is 2.60. The van der Waals surface area contributed by atoms with Crippen LogP contribution in [0.4, 0.5) is 0 Å². The number of ether oxygens (including phenoxy) is 6. The number of esters is 6. The van der Waals surface area contributed by atoms with Gasteiger partial charge in [-0.15, -0.1) is 0 Å². The number of carbonyl (C=O) groups is 6. The van der Waals surface area contributed by atoms with Gasteiger partial charge in [0.05, 0.1) is 35.0 Å². The van der Waals surface area contributed by atoms with Crippen molar-refractivity contribution in [2.45, 2.75) is 157 Å². The summed E-state index contributed by atoms with van der Waals surface area (Å²) in [5.74, 6) is 2.52. The molecule has 0 aromatic heterocycles. The number of hydrogen-bond acceptors (Lipinski definition) is 12. The molecule has 6 bridgehead atoms. The van der Waals surface area contributed by atoms with Gasteiger partial charge >= 0.3 is 35.8 Å². The summed E-state index contributed by atoms with van der Waals surface area (Å²) in [4.78, 5) is 70.5. The van der Waals surface area contributed by atoms with Gasteiger partial charge < -0.3 is 28.4 Å². The molecule has 0 saturated heterocycles. The van der Waals surface area contributed by atoms with Gasteiger partial charge in [0.1, 0.15) is 39.6 Å². The predicted octanol–water partition coefficient (Wildman–Crippen LogP) is 8.59. The summed E-state index contributed by atoms with van der Waals surface area (Å²) in [7, 11) is 0. The minimum absolute atomic E-state index is 0.0359. The van der Waals surface area contributed by atoms with E-state index in [9.17, 15) is 28.8 Å². The van der Waals surface area contributed by atoms with Crippen molar-refractivity contribution in [1.82, 2.24) is 0 Å². The van der Waals surface area contributed by atoms with Crippen LogP contribution in [0.15, 0.2) is 0 Å². The van der Waals surface area contributed by atoms with Crippen LogP contribution in [0.5, 0.6) is 0 Å². The Labute approximate surface area is 353 Å². The highest BCUT2D eigenvalue weighted by Gasteiger charge is 2.55. The molecular weight excluding hydrogens is 757 g/mol. The zero-order valence-electron chi connectivity index (χ0n) is 37.1. The molecule has 0 spiro atoms. The van der Waals surface area contributed by atoms with Crippen LogP contribution >= 0.6 is 0 Å². The maximum Gasteiger partial charge on any atom is 0.312 e. The van der Waals surface area contributed by atoms with Crippen LogP contribution in [0, 0.1) is 64.6 Å². The van der Waals surface area contributed by atoms with E-state index in [4.69, 9.17) is 28.4 Å². The first-order valence-corrected chi connectivity index (χ1v) is 23.3. The molecule has 59 heavy (non-hydrogen) atoms. The molecule has 0 aliphatic heterocycles. The van der Waals surface area contributed by atoms with E-state index in [1.807, 2.05) is 41.5 Å². The van der Waals surface area contributed by atoms with Gasteiger partial charge in [-0.1, -0.05) is 67.2 Å². The maximum absolute atomic E-state index is 12.6. The second-order valence-corrected chi connectivity index (χ2v) is 18.7. The van der Waals surface area contributed by atoms with E-state index in [1.165, 1.54) is 44.9 Å². The summed E-state index contributed by atoms with van der Waals surface area (Å²) >= 11 is 0. The zero-order valence-corrected chi connectivity index (χ0v) is 37.1. The summed E-state index contributed by atoms with van der Waals surface area (Å²) in [6.07, 6.45) is 19.3. The quantitative estimate of drug-likeness (QED) is 0.0737. The van der Waals surface area contributed by atoms with Gasteiger partial charge in [-0.2, -0.15) is 0 Å². The van der Waals surface area contributed by atoms with Crippen molar-refractivity contribution in [3.63, 3.8) is 0 Å². The van der Waals surface area contributed by atoms with Gasteiger partial charge in [-0.05, 0) is 119 Å². The van der Waals surface area contributed by atoms with E-state index in [0.717, 1.165) is 94.3 Å². The molecule has 12 heteroatoms. The summed E-state index contributed by atoms with van der Waals surface area (Å²) < 4.78 is 31.0. The van der Waals surface area contributed by atoms with Gasteiger partial charge in [0, 0.05) is 0 Å². The topological polar surface area (TPSA) is 158 Å². The van der Waals surface area contributed by atoms with Gasteiger partial charge in [0.15, 0.2) is 0 Å². The van der Waals surface area contributed by atoms with Crippen LogP contribution in [-0.2, 0) is 57.2 Å². The molecule has 7 fully saturated rings. The van der Waals surface area contributed by atoms with Gasteiger partial charge in [-0.3, -0.25) is 28.8 Å². The lowest BCUT2D eigenvalue weighted by molar-refractivity contribution is -0.174. The lowest BCUT2D eigenvalue weighted by atomic mass is 9.49. The van der Waals surface area contributed by atoms with Crippen LogP contribution in [0.3, 0.4) is 0 Å². The van der Waals surface area contributed by atoms with Crippen molar-refractivity contribution in [3.05, 3.63) is 0 Å². The van der Waals surface area contributed by atoms with Crippen molar-refractivity contribution >= 4 is 35.8 Å². The summed E-state index contributed by atoms with van der Waals surface area (Å²) in [5.41, 5.74) is -0.213. The van der Waals surface area contributed by atoms with Crippen LogP contribution < -0.4 is 0 Å². The zero-order chi connectivity index (χ0) is 43.0. The minimum Gasteiger partial charge on any atom is -0.462 e. The summed E-state index contributed by atoms with van der Waals surface area (Å²) in [6, 6.07) is 0.